The molecule has 1 unspecified atom stereocenters. The number of nitrogens with zero attached hydrogens (tertiary/aromatic N) is 7. The second kappa shape index (κ2) is 8.62. The molecule has 0 N–H and O–H groups in total. The van der Waals surface area contributed by atoms with E-state index < -0.39 is 0 Å². The van der Waals surface area contributed by atoms with Crippen molar-refractivity contribution in [3.8, 4) is 11.4 Å². The second-order valence-electron chi connectivity index (χ2n) is 7.14. The number of thioether (sulfide) groups is 1. The van der Waals surface area contributed by atoms with Crippen LogP contribution in [0.3, 0.4) is 0 Å². The van der Waals surface area contributed by atoms with E-state index in [2.05, 4.69) is 40.2 Å². The average Bonchev–Trinajstić information content (AvgIpc) is 3.12. The third-order valence-corrected chi connectivity index (χ3v) is 5.95. The van der Waals surface area contributed by atoms with Crippen LogP contribution in [-0.4, -0.2) is 61.5 Å². The van der Waals surface area contributed by atoms with Crippen molar-refractivity contribution in [1.29, 1.82) is 0 Å². The molecule has 0 radical (unpaired) electrons. The molecule has 0 amide bonds. The first-order chi connectivity index (χ1) is 14.1. The predicted molar refractivity (Wildman–Crippen MR) is 116 cm³/mol. The van der Waals surface area contributed by atoms with E-state index >= 15 is 0 Å². The Hall–Kier alpha value is -2.26. The highest BCUT2D eigenvalue weighted by Gasteiger charge is 2.24. The highest BCUT2D eigenvalue weighted by atomic mass is 32.2. The summed E-state index contributed by atoms with van der Waals surface area (Å²) >= 11 is 1.73. The molecule has 3 aromatic rings. The van der Waals surface area contributed by atoms with Gasteiger partial charge in [-0.2, -0.15) is 4.98 Å². The highest BCUT2D eigenvalue weighted by Crippen LogP contribution is 2.33. The fourth-order valence-electron chi connectivity index (χ4n) is 3.35. The Bertz CT molecular complexity index is 983. The lowest BCUT2D eigenvalue weighted by Crippen LogP contribution is -2.37. The van der Waals surface area contributed by atoms with Gasteiger partial charge in [0.25, 0.3) is 0 Å². The van der Waals surface area contributed by atoms with Crippen LogP contribution in [0.1, 0.15) is 38.9 Å². The van der Waals surface area contributed by atoms with Crippen molar-refractivity contribution in [2.45, 2.75) is 45.3 Å². The van der Waals surface area contributed by atoms with Gasteiger partial charge in [0, 0.05) is 25.3 Å². The Morgan fingerprint density at radius 2 is 1.90 bits per heavy atom. The minimum atomic E-state index is 0.290. The van der Waals surface area contributed by atoms with E-state index in [4.69, 9.17) is 19.7 Å². The zero-order valence-corrected chi connectivity index (χ0v) is 18.2. The average molecular weight is 414 g/mol. The second-order valence-corrected chi connectivity index (χ2v) is 8.37. The summed E-state index contributed by atoms with van der Waals surface area (Å²) in [4.78, 5) is 26.0. The number of fused-ring (bicyclic) bond motifs is 1. The zero-order valence-electron chi connectivity index (χ0n) is 17.4. The Kier molecular flexibility index (Phi) is 5.96. The molecule has 154 valence electrons. The zero-order chi connectivity index (χ0) is 20.4. The summed E-state index contributed by atoms with van der Waals surface area (Å²) in [6.07, 6.45) is 4.54. The third kappa shape index (κ3) is 3.93. The minimum absolute atomic E-state index is 0.290. The first-order valence-electron chi connectivity index (χ1n) is 10.2. The number of ether oxygens (including phenoxy) is 1. The van der Waals surface area contributed by atoms with Gasteiger partial charge in [0.2, 0.25) is 5.95 Å². The molecule has 1 fully saturated rings. The van der Waals surface area contributed by atoms with Crippen molar-refractivity contribution in [3.63, 3.8) is 0 Å². The predicted octanol–water partition coefficient (Wildman–Crippen LogP) is 3.51. The largest absolute Gasteiger partial charge is 0.378 e. The molecule has 1 aliphatic rings. The van der Waals surface area contributed by atoms with Gasteiger partial charge in [-0.3, -0.25) is 9.97 Å². The van der Waals surface area contributed by atoms with E-state index in [0.717, 1.165) is 58.7 Å². The van der Waals surface area contributed by atoms with Crippen LogP contribution in [0.25, 0.3) is 22.6 Å². The summed E-state index contributed by atoms with van der Waals surface area (Å²) in [6, 6.07) is 0.290. The summed E-state index contributed by atoms with van der Waals surface area (Å²) in [7, 11) is 0. The molecule has 1 saturated heterocycles. The summed E-state index contributed by atoms with van der Waals surface area (Å²) < 4.78 is 7.76. The minimum Gasteiger partial charge on any atom is -0.378 e. The van der Waals surface area contributed by atoms with Gasteiger partial charge in [-0.15, -0.1) is 0 Å². The normalized spacial score (nSPS) is 15.8. The number of imidazole rings is 1. The molecule has 0 saturated carbocycles. The molecule has 1 aliphatic heterocycles. The SMILES string of the molecule is CCSc1nc2c(-c3cnc(C)cn3)nc(N3CCOCC3)nc2n1C(C)CC. The quantitative estimate of drug-likeness (QED) is 0.568. The molecule has 29 heavy (non-hydrogen) atoms. The van der Waals surface area contributed by atoms with Gasteiger partial charge >= 0.3 is 0 Å². The smallest absolute Gasteiger partial charge is 0.228 e. The van der Waals surface area contributed by atoms with Gasteiger partial charge < -0.3 is 14.2 Å². The van der Waals surface area contributed by atoms with Crippen LogP contribution in [0.5, 0.6) is 0 Å². The molecule has 4 rings (SSSR count). The van der Waals surface area contributed by atoms with Gasteiger partial charge in [-0.1, -0.05) is 25.6 Å². The van der Waals surface area contributed by atoms with E-state index in [1.807, 2.05) is 6.92 Å². The van der Waals surface area contributed by atoms with Crippen LogP contribution in [0, 0.1) is 6.92 Å². The number of hydrogen-bond acceptors (Lipinski definition) is 8. The maximum atomic E-state index is 5.51. The number of anilines is 1. The van der Waals surface area contributed by atoms with Crippen LogP contribution >= 0.6 is 11.8 Å². The fourth-order valence-corrected chi connectivity index (χ4v) is 4.17. The number of aromatic nitrogens is 6. The highest BCUT2D eigenvalue weighted by molar-refractivity contribution is 7.99. The lowest BCUT2D eigenvalue weighted by molar-refractivity contribution is 0.122. The molecule has 1 atom stereocenters. The van der Waals surface area contributed by atoms with Gasteiger partial charge in [-0.05, 0) is 26.0 Å². The van der Waals surface area contributed by atoms with Crippen molar-refractivity contribution >= 4 is 28.9 Å². The summed E-state index contributed by atoms with van der Waals surface area (Å²) in [5, 5.41) is 0.978. The van der Waals surface area contributed by atoms with Crippen molar-refractivity contribution < 1.29 is 4.74 Å². The Morgan fingerprint density at radius 1 is 1.10 bits per heavy atom. The molecule has 4 heterocycles. The Morgan fingerprint density at radius 3 is 2.55 bits per heavy atom. The third-order valence-electron chi connectivity index (χ3n) is 5.12. The standard InChI is InChI=1S/C20H27N7OS/c1-5-14(4)27-18-17(24-20(27)29-6-2)16(15-12-21-13(3)11-22-15)23-19(25-18)26-7-9-28-10-8-26/h11-12,14H,5-10H2,1-4H3. The van der Waals surface area contributed by atoms with Crippen LogP contribution in [0.15, 0.2) is 17.6 Å². The molecule has 0 bridgehead atoms. The monoisotopic (exact) mass is 413 g/mol. The van der Waals surface area contributed by atoms with Crippen molar-refractivity contribution in [3.05, 3.63) is 18.1 Å². The molecule has 0 spiro atoms. The van der Waals surface area contributed by atoms with Crippen LogP contribution in [0.4, 0.5) is 5.95 Å². The molecular formula is C20H27N7OS. The Labute approximate surface area is 175 Å². The van der Waals surface area contributed by atoms with E-state index in [0.29, 0.717) is 25.2 Å². The molecule has 9 heteroatoms. The van der Waals surface area contributed by atoms with E-state index in [1.54, 1.807) is 24.2 Å². The first-order valence-corrected chi connectivity index (χ1v) is 11.1. The number of hydrogen-bond donors (Lipinski definition) is 0. The number of aryl methyl sites for hydroxylation is 1. The van der Waals surface area contributed by atoms with Crippen molar-refractivity contribution in [2.24, 2.45) is 0 Å². The van der Waals surface area contributed by atoms with Crippen molar-refractivity contribution in [2.75, 3.05) is 37.0 Å². The Balaban J connectivity index is 1.96. The molecule has 0 aromatic carbocycles. The lowest BCUT2D eigenvalue weighted by atomic mass is 10.2. The molecule has 0 aliphatic carbocycles. The lowest BCUT2D eigenvalue weighted by Gasteiger charge is -2.27. The summed E-state index contributed by atoms with van der Waals surface area (Å²) in [6.45, 7) is 11.4. The maximum absolute atomic E-state index is 5.51. The number of morpholine rings is 1. The summed E-state index contributed by atoms with van der Waals surface area (Å²) in [5.41, 5.74) is 3.99. The van der Waals surface area contributed by atoms with E-state index in [1.165, 1.54) is 0 Å². The van der Waals surface area contributed by atoms with Gasteiger partial charge in [0.05, 0.1) is 25.1 Å². The van der Waals surface area contributed by atoms with Crippen molar-refractivity contribution in [1.82, 2.24) is 29.5 Å². The number of rotatable bonds is 6. The maximum Gasteiger partial charge on any atom is 0.228 e. The molecular weight excluding hydrogens is 386 g/mol. The van der Waals surface area contributed by atoms with Crippen LogP contribution in [-0.2, 0) is 4.74 Å². The molecule has 3 aromatic heterocycles. The van der Waals surface area contributed by atoms with Crippen LogP contribution in [0.2, 0.25) is 0 Å². The van der Waals surface area contributed by atoms with Crippen LogP contribution < -0.4 is 4.90 Å². The first kappa shape index (κ1) is 20.0. The van der Waals surface area contributed by atoms with Gasteiger partial charge in [-0.25, -0.2) is 9.97 Å². The van der Waals surface area contributed by atoms with E-state index in [-0.39, 0.29) is 0 Å². The van der Waals surface area contributed by atoms with E-state index in [9.17, 15) is 0 Å². The van der Waals surface area contributed by atoms with Gasteiger partial charge in [0.1, 0.15) is 16.9 Å². The fraction of sp³-hybridized carbons (Fsp3) is 0.550. The molecule has 8 nitrogen and oxygen atoms in total. The van der Waals surface area contributed by atoms with Gasteiger partial charge in [0.15, 0.2) is 10.8 Å². The summed E-state index contributed by atoms with van der Waals surface area (Å²) in [5.74, 6) is 1.65. The topological polar surface area (TPSA) is 81.8 Å².